The largest absolute Gasteiger partial charge is 0.456 e. The van der Waals surface area contributed by atoms with Crippen LogP contribution in [0.1, 0.15) is 22.3 Å². The Hall–Kier alpha value is -8.76. The van der Waals surface area contributed by atoms with E-state index in [4.69, 9.17) is 4.42 Å². The molecule has 0 saturated carbocycles. The van der Waals surface area contributed by atoms with Crippen molar-refractivity contribution < 1.29 is 4.42 Å². The lowest BCUT2D eigenvalue weighted by molar-refractivity contribution is 0.669. The minimum atomic E-state index is -0.526. The van der Waals surface area contributed by atoms with Crippen LogP contribution in [0.25, 0.3) is 86.6 Å². The maximum absolute atomic E-state index is 6.33. The lowest BCUT2D eigenvalue weighted by Crippen LogP contribution is -2.28. The molecule has 0 amide bonds. The maximum atomic E-state index is 6.33. The molecule has 11 aromatic carbocycles. The topological polar surface area (TPSA) is 16.4 Å². The molecule has 0 N–H and O–H groups in total. The van der Waals surface area contributed by atoms with Gasteiger partial charge in [-0.05, 0) is 128 Å². The standard InChI is InChI=1S/C67H43NOS/c1-3-18-49(19-4-1)67(50-20-5-2-6-21-50)58-26-10-7-23-55(58)66-59(67)27-15-28-60(66)68(52-39-34-45(35-40-52)53-25-14-30-62-65(53)56-24-8-11-29-61(56)69-62)51-37-32-44(33-38-51)46-16-13-17-47(42-46)48-36-41-64-57(43-48)54-22-9-12-31-63(54)70-64/h1-43H. The number of thiophene rings is 1. The van der Waals surface area contributed by atoms with Crippen molar-refractivity contribution in [3.63, 3.8) is 0 Å². The molecule has 1 aliphatic carbocycles. The Morgan fingerprint density at radius 3 is 1.66 bits per heavy atom. The van der Waals surface area contributed by atoms with E-state index in [1.54, 1.807) is 0 Å². The first-order valence-electron chi connectivity index (χ1n) is 24.0. The Bertz CT molecular complexity index is 4070. The number of furan rings is 1. The first-order valence-corrected chi connectivity index (χ1v) is 24.8. The summed E-state index contributed by atoms with van der Waals surface area (Å²) in [6, 6.07) is 95.6. The Labute approximate surface area is 410 Å². The highest BCUT2D eigenvalue weighted by molar-refractivity contribution is 7.25. The average Bonchev–Trinajstić information content (AvgIpc) is 4.11. The van der Waals surface area contributed by atoms with Crippen molar-refractivity contribution in [1.29, 1.82) is 0 Å². The molecule has 2 nitrogen and oxygen atoms in total. The molecule has 3 heteroatoms. The first-order chi connectivity index (χ1) is 34.7. The van der Waals surface area contributed by atoms with Crippen molar-refractivity contribution in [3.8, 4) is 44.5 Å². The van der Waals surface area contributed by atoms with Gasteiger partial charge in [0.1, 0.15) is 11.2 Å². The van der Waals surface area contributed by atoms with Gasteiger partial charge in [-0.25, -0.2) is 0 Å². The van der Waals surface area contributed by atoms with E-state index in [2.05, 4.69) is 260 Å². The predicted octanol–water partition coefficient (Wildman–Crippen LogP) is 18.8. The Kier molecular flexibility index (Phi) is 9.33. The minimum absolute atomic E-state index is 0.526. The third-order valence-corrected chi connectivity index (χ3v) is 15.7. The predicted molar refractivity (Wildman–Crippen MR) is 295 cm³/mol. The molecular weight excluding hydrogens is 867 g/mol. The van der Waals surface area contributed by atoms with Crippen LogP contribution in [-0.2, 0) is 5.41 Å². The highest BCUT2D eigenvalue weighted by Gasteiger charge is 2.47. The van der Waals surface area contributed by atoms with Crippen molar-refractivity contribution in [2.24, 2.45) is 0 Å². The summed E-state index contributed by atoms with van der Waals surface area (Å²) in [4.78, 5) is 2.46. The van der Waals surface area contributed by atoms with Gasteiger partial charge >= 0.3 is 0 Å². The fourth-order valence-corrected chi connectivity index (χ4v) is 12.6. The molecule has 0 radical (unpaired) electrons. The lowest BCUT2D eigenvalue weighted by atomic mass is 9.68. The quantitative estimate of drug-likeness (QED) is 0.151. The minimum Gasteiger partial charge on any atom is -0.456 e. The fraction of sp³-hybridized carbons (Fsp3) is 0.0149. The second-order valence-electron chi connectivity index (χ2n) is 18.3. The van der Waals surface area contributed by atoms with Gasteiger partial charge in [-0.2, -0.15) is 0 Å². The Balaban J connectivity index is 0.928. The average molecular weight is 910 g/mol. The van der Waals surface area contributed by atoms with Crippen LogP contribution in [0.15, 0.2) is 265 Å². The molecule has 0 aliphatic heterocycles. The number of anilines is 3. The van der Waals surface area contributed by atoms with Crippen molar-refractivity contribution in [2.45, 2.75) is 5.41 Å². The molecule has 0 atom stereocenters. The second kappa shape index (κ2) is 16.2. The van der Waals surface area contributed by atoms with Crippen LogP contribution in [0, 0.1) is 0 Å². The van der Waals surface area contributed by atoms with Crippen molar-refractivity contribution in [1.82, 2.24) is 0 Å². The highest BCUT2D eigenvalue weighted by Crippen LogP contribution is 2.59. The van der Waals surface area contributed by atoms with Gasteiger partial charge in [0.2, 0.25) is 0 Å². The molecule has 70 heavy (non-hydrogen) atoms. The fourth-order valence-electron chi connectivity index (χ4n) is 11.5. The Morgan fingerprint density at radius 2 is 0.886 bits per heavy atom. The van der Waals surface area contributed by atoms with Crippen LogP contribution in [0.2, 0.25) is 0 Å². The van der Waals surface area contributed by atoms with Crippen LogP contribution < -0.4 is 4.90 Å². The molecule has 2 aromatic heterocycles. The molecule has 0 spiro atoms. The monoisotopic (exact) mass is 909 g/mol. The highest BCUT2D eigenvalue weighted by atomic mass is 32.1. The zero-order chi connectivity index (χ0) is 46.2. The Morgan fingerprint density at radius 1 is 0.343 bits per heavy atom. The van der Waals surface area contributed by atoms with Crippen LogP contribution in [0.5, 0.6) is 0 Å². The third-order valence-electron chi connectivity index (χ3n) is 14.6. The van der Waals surface area contributed by atoms with Gasteiger partial charge in [0.05, 0.1) is 11.1 Å². The molecule has 0 bridgehead atoms. The zero-order valence-electron chi connectivity index (χ0n) is 38.1. The summed E-state index contributed by atoms with van der Waals surface area (Å²) in [5.41, 5.74) is 19.1. The molecular formula is C67H43NOS. The number of para-hydroxylation sites is 1. The summed E-state index contributed by atoms with van der Waals surface area (Å²) >= 11 is 1.86. The number of hydrogen-bond donors (Lipinski definition) is 0. The van der Waals surface area contributed by atoms with E-state index >= 15 is 0 Å². The van der Waals surface area contributed by atoms with Crippen LogP contribution in [0.3, 0.4) is 0 Å². The normalized spacial score (nSPS) is 12.7. The van der Waals surface area contributed by atoms with Gasteiger partial charge in [0, 0.05) is 47.9 Å². The van der Waals surface area contributed by atoms with E-state index in [9.17, 15) is 0 Å². The number of fused-ring (bicyclic) bond motifs is 9. The molecule has 14 rings (SSSR count). The van der Waals surface area contributed by atoms with Gasteiger partial charge in [-0.1, -0.05) is 194 Å². The van der Waals surface area contributed by atoms with Crippen molar-refractivity contribution in [2.75, 3.05) is 4.90 Å². The number of hydrogen-bond acceptors (Lipinski definition) is 3. The van der Waals surface area contributed by atoms with E-state index in [1.807, 2.05) is 17.4 Å². The summed E-state index contributed by atoms with van der Waals surface area (Å²) < 4.78 is 8.98. The van der Waals surface area contributed by atoms with Gasteiger partial charge in [0.15, 0.2) is 0 Å². The maximum Gasteiger partial charge on any atom is 0.136 e. The third kappa shape index (κ3) is 6.25. The van der Waals surface area contributed by atoms with Crippen LogP contribution >= 0.6 is 11.3 Å². The summed E-state index contributed by atoms with van der Waals surface area (Å²) in [7, 11) is 0. The molecule has 0 unspecified atom stereocenters. The van der Waals surface area contributed by atoms with E-state index in [0.717, 1.165) is 50.1 Å². The molecule has 328 valence electrons. The molecule has 1 aliphatic rings. The van der Waals surface area contributed by atoms with E-state index in [1.165, 1.54) is 75.8 Å². The van der Waals surface area contributed by atoms with Crippen LogP contribution in [0.4, 0.5) is 17.1 Å². The van der Waals surface area contributed by atoms with Gasteiger partial charge in [-0.3, -0.25) is 0 Å². The SMILES string of the molecule is c1ccc(C2(c3ccccc3)c3ccccc3-c3c(N(c4ccc(-c5cccc(-c6ccc7sc8ccccc8c7c6)c5)cc4)c4ccc(-c5cccc6oc7ccccc7c56)cc4)cccc32)cc1. The summed E-state index contributed by atoms with van der Waals surface area (Å²) in [5.74, 6) is 0. The van der Waals surface area contributed by atoms with E-state index < -0.39 is 5.41 Å². The number of benzene rings is 11. The smallest absolute Gasteiger partial charge is 0.136 e. The van der Waals surface area contributed by atoms with Gasteiger partial charge in [0.25, 0.3) is 0 Å². The number of nitrogens with zero attached hydrogens (tertiary/aromatic N) is 1. The zero-order valence-corrected chi connectivity index (χ0v) is 38.9. The number of rotatable bonds is 8. The van der Waals surface area contributed by atoms with Crippen LogP contribution in [-0.4, -0.2) is 0 Å². The second-order valence-corrected chi connectivity index (χ2v) is 19.4. The summed E-state index contributed by atoms with van der Waals surface area (Å²) in [5, 5.41) is 4.89. The van der Waals surface area contributed by atoms with E-state index in [-0.39, 0.29) is 0 Å². The lowest BCUT2D eigenvalue weighted by Gasteiger charge is -2.34. The summed E-state index contributed by atoms with van der Waals surface area (Å²) in [6.45, 7) is 0. The molecule has 0 saturated heterocycles. The van der Waals surface area contributed by atoms with Gasteiger partial charge in [-0.15, -0.1) is 11.3 Å². The molecule has 13 aromatic rings. The van der Waals surface area contributed by atoms with Crippen molar-refractivity contribution in [3.05, 3.63) is 283 Å². The molecule has 0 fully saturated rings. The van der Waals surface area contributed by atoms with E-state index in [0.29, 0.717) is 0 Å². The first kappa shape index (κ1) is 40.3. The summed E-state index contributed by atoms with van der Waals surface area (Å²) in [6.07, 6.45) is 0. The molecule has 2 heterocycles. The van der Waals surface area contributed by atoms with Gasteiger partial charge < -0.3 is 9.32 Å². The van der Waals surface area contributed by atoms with Crippen molar-refractivity contribution >= 4 is 70.5 Å².